The van der Waals surface area contributed by atoms with Crippen molar-refractivity contribution in [3.63, 3.8) is 0 Å². The number of aliphatic hydroxyl groups is 1. The van der Waals surface area contributed by atoms with E-state index in [0.717, 1.165) is 20.8 Å². The summed E-state index contributed by atoms with van der Waals surface area (Å²) in [5.74, 6) is -2.24. The van der Waals surface area contributed by atoms with Crippen molar-refractivity contribution >= 4 is 17.3 Å². The number of nitrogens with two attached hydrogens (primary N) is 1. The van der Waals surface area contributed by atoms with Gasteiger partial charge in [0, 0.05) is 0 Å². The molecule has 0 fully saturated rings. The summed E-state index contributed by atoms with van der Waals surface area (Å²) in [5.41, 5.74) is 2.89. The lowest BCUT2D eigenvalue weighted by atomic mass is 9.85. The molecular weight excluding hydrogens is 174 g/mol. The highest BCUT2D eigenvalue weighted by molar-refractivity contribution is 6.13. The van der Waals surface area contributed by atoms with Crippen LogP contribution in [-0.2, 0) is 14.4 Å². The highest BCUT2D eigenvalue weighted by Gasteiger charge is 2.46. The van der Waals surface area contributed by atoms with E-state index in [-0.39, 0.29) is 0 Å². The van der Waals surface area contributed by atoms with Crippen molar-refractivity contribution in [1.29, 1.82) is 0 Å². The molecule has 5 heteroatoms. The van der Waals surface area contributed by atoms with Gasteiger partial charge in [-0.1, -0.05) is 0 Å². The Kier molecular flexibility index (Phi) is 3.45. The first-order valence-corrected chi connectivity index (χ1v) is 3.75. The number of hydrogen-bond acceptors (Lipinski definition) is 5. The minimum absolute atomic E-state index is 0.604. The zero-order valence-electron chi connectivity index (χ0n) is 7.83. The standard InChI is InChI=1S/C8H13NO4/c1-4(10)7(9)8(13,5(2)11)6(3)12/h7,13H,9H2,1-3H3. The second kappa shape index (κ2) is 3.76. The Morgan fingerprint density at radius 1 is 1.15 bits per heavy atom. The Labute approximate surface area is 75.9 Å². The molecule has 13 heavy (non-hydrogen) atoms. The predicted octanol–water partition coefficient (Wildman–Crippen LogP) is -1.19. The number of ketones is 3. The van der Waals surface area contributed by atoms with Crippen molar-refractivity contribution in [2.24, 2.45) is 5.73 Å². The first-order valence-electron chi connectivity index (χ1n) is 3.75. The summed E-state index contributed by atoms with van der Waals surface area (Å²) >= 11 is 0. The molecule has 0 aliphatic rings. The number of rotatable bonds is 4. The maximum absolute atomic E-state index is 11.0. The highest BCUT2D eigenvalue weighted by atomic mass is 16.3. The molecule has 0 aliphatic carbocycles. The van der Waals surface area contributed by atoms with Gasteiger partial charge in [-0.15, -0.1) is 0 Å². The van der Waals surface area contributed by atoms with Crippen molar-refractivity contribution in [3.05, 3.63) is 0 Å². The van der Waals surface area contributed by atoms with Crippen LogP contribution in [0.2, 0.25) is 0 Å². The Bertz CT molecular complexity index is 245. The second-order valence-electron chi connectivity index (χ2n) is 2.97. The normalized spacial score (nSPS) is 13.6. The van der Waals surface area contributed by atoms with Gasteiger partial charge in [0.05, 0.1) is 0 Å². The van der Waals surface area contributed by atoms with E-state index in [1.807, 2.05) is 0 Å². The van der Waals surface area contributed by atoms with E-state index >= 15 is 0 Å². The third kappa shape index (κ3) is 1.99. The summed E-state index contributed by atoms with van der Waals surface area (Å²) in [6.45, 7) is 3.15. The van der Waals surface area contributed by atoms with E-state index in [9.17, 15) is 19.5 Å². The van der Waals surface area contributed by atoms with Gasteiger partial charge in [0.2, 0.25) is 5.60 Å². The molecular formula is C8H13NO4. The van der Waals surface area contributed by atoms with Crippen LogP contribution < -0.4 is 5.73 Å². The van der Waals surface area contributed by atoms with Crippen molar-refractivity contribution in [1.82, 2.24) is 0 Å². The molecule has 0 saturated carbocycles. The summed E-state index contributed by atoms with van der Waals surface area (Å²) < 4.78 is 0. The van der Waals surface area contributed by atoms with Crippen molar-refractivity contribution in [3.8, 4) is 0 Å². The van der Waals surface area contributed by atoms with Crippen LogP contribution >= 0.6 is 0 Å². The van der Waals surface area contributed by atoms with Crippen molar-refractivity contribution < 1.29 is 19.5 Å². The topological polar surface area (TPSA) is 97.5 Å². The van der Waals surface area contributed by atoms with Gasteiger partial charge in [-0.25, -0.2) is 0 Å². The molecule has 3 N–H and O–H groups in total. The fourth-order valence-corrected chi connectivity index (χ4v) is 0.980. The predicted molar refractivity (Wildman–Crippen MR) is 45.0 cm³/mol. The van der Waals surface area contributed by atoms with Gasteiger partial charge in [-0.3, -0.25) is 14.4 Å². The monoisotopic (exact) mass is 187 g/mol. The number of carbonyl (C=O) groups excluding carboxylic acids is 3. The lowest BCUT2D eigenvalue weighted by Gasteiger charge is -2.26. The van der Waals surface area contributed by atoms with Crippen LogP contribution in [0.3, 0.4) is 0 Å². The molecule has 0 aromatic carbocycles. The summed E-state index contributed by atoms with van der Waals surface area (Å²) in [6.07, 6.45) is 0. The van der Waals surface area contributed by atoms with Gasteiger partial charge in [0.25, 0.3) is 0 Å². The fourth-order valence-electron chi connectivity index (χ4n) is 0.980. The van der Waals surface area contributed by atoms with Gasteiger partial charge in [-0.2, -0.15) is 0 Å². The molecule has 0 spiro atoms. The van der Waals surface area contributed by atoms with Gasteiger partial charge >= 0.3 is 0 Å². The first-order chi connectivity index (χ1) is 5.74. The molecule has 0 saturated heterocycles. The maximum atomic E-state index is 11.0. The zero-order valence-corrected chi connectivity index (χ0v) is 7.83. The Morgan fingerprint density at radius 3 is 1.54 bits per heavy atom. The molecule has 0 bridgehead atoms. The van der Waals surface area contributed by atoms with E-state index in [2.05, 4.69) is 0 Å². The van der Waals surface area contributed by atoms with Gasteiger partial charge in [0.15, 0.2) is 11.6 Å². The number of carbonyl (C=O) groups is 3. The Hall–Kier alpha value is -1.07. The molecule has 0 heterocycles. The smallest absolute Gasteiger partial charge is 0.202 e. The third-order valence-electron chi connectivity index (χ3n) is 1.96. The average Bonchev–Trinajstić information content (AvgIpc) is 2.00. The maximum Gasteiger partial charge on any atom is 0.202 e. The largest absolute Gasteiger partial charge is 0.373 e. The molecule has 5 nitrogen and oxygen atoms in total. The number of Topliss-reactive ketones (excluding diaryl/α,β-unsaturated/α-hetero) is 3. The zero-order chi connectivity index (χ0) is 10.8. The summed E-state index contributed by atoms with van der Waals surface area (Å²) in [4.78, 5) is 32.7. The van der Waals surface area contributed by atoms with Crippen LogP contribution in [0.25, 0.3) is 0 Å². The molecule has 0 radical (unpaired) electrons. The first kappa shape index (κ1) is 11.9. The Balaban J connectivity index is 5.13. The summed E-state index contributed by atoms with van der Waals surface area (Å²) in [6, 6.07) is -1.48. The third-order valence-corrected chi connectivity index (χ3v) is 1.96. The summed E-state index contributed by atoms with van der Waals surface area (Å²) in [5, 5.41) is 9.56. The van der Waals surface area contributed by atoms with Crippen LogP contribution in [0.4, 0.5) is 0 Å². The van der Waals surface area contributed by atoms with Crippen LogP contribution in [0.5, 0.6) is 0 Å². The average molecular weight is 187 g/mol. The van der Waals surface area contributed by atoms with Crippen molar-refractivity contribution in [2.45, 2.75) is 32.4 Å². The van der Waals surface area contributed by atoms with E-state index in [4.69, 9.17) is 5.73 Å². The van der Waals surface area contributed by atoms with Crippen molar-refractivity contribution in [2.75, 3.05) is 0 Å². The van der Waals surface area contributed by atoms with E-state index in [1.54, 1.807) is 0 Å². The second-order valence-corrected chi connectivity index (χ2v) is 2.97. The van der Waals surface area contributed by atoms with Gasteiger partial charge < -0.3 is 10.8 Å². The minimum Gasteiger partial charge on any atom is -0.373 e. The molecule has 74 valence electrons. The SMILES string of the molecule is CC(=O)C(N)C(O)(C(C)=O)C(C)=O. The fraction of sp³-hybridized carbons (Fsp3) is 0.625. The molecule has 0 aromatic rings. The van der Waals surface area contributed by atoms with E-state index < -0.39 is 29.0 Å². The van der Waals surface area contributed by atoms with Crippen LogP contribution in [0.15, 0.2) is 0 Å². The lowest BCUT2D eigenvalue weighted by Crippen LogP contribution is -2.60. The van der Waals surface area contributed by atoms with Gasteiger partial charge in [-0.05, 0) is 20.8 Å². The quantitative estimate of drug-likeness (QED) is 0.539. The lowest BCUT2D eigenvalue weighted by molar-refractivity contribution is -0.153. The van der Waals surface area contributed by atoms with Crippen LogP contribution in [-0.4, -0.2) is 34.1 Å². The van der Waals surface area contributed by atoms with E-state index in [0.29, 0.717) is 0 Å². The van der Waals surface area contributed by atoms with E-state index in [1.165, 1.54) is 0 Å². The molecule has 0 rings (SSSR count). The molecule has 0 aliphatic heterocycles. The molecule has 0 amide bonds. The molecule has 1 unspecified atom stereocenters. The Morgan fingerprint density at radius 2 is 1.46 bits per heavy atom. The summed E-state index contributed by atoms with van der Waals surface area (Å²) in [7, 11) is 0. The highest BCUT2D eigenvalue weighted by Crippen LogP contribution is 2.12. The number of hydrogen-bond donors (Lipinski definition) is 2. The molecule has 0 aromatic heterocycles. The van der Waals surface area contributed by atoms with Crippen LogP contribution in [0.1, 0.15) is 20.8 Å². The molecule has 1 atom stereocenters. The van der Waals surface area contributed by atoms with Gasteiger partial charge in [0.1, 0.15) is 11.8 Å². The van der Waals surface area contributed by atoms with Crippen LogP contribution in [0, 0.1) is 0 Å². The minimum atomic E-state index is -2.37.